The molecule has 1 spiro atoms. The Labute approximate surface area is 113 Å². The first-order valence-electron chi connectivity index (χ1n) is 7.15. The van der Waals surface area contributed by atoms with E-state index >= 15 is 0 Å². The van der Waals surface area contributed by atoms with E-state index in [4.69, 9.17) is 0 Å². The van der Waals surface area contributed by atoms with Gasteiger partial charge < -0.3 is 0 Å². The van der Waals surface area contributed by atoms with Crippen molar-refractivity contribution in [3.8, 4) is 0 Å². The average molecular weight is 266 g/mol. The van der Waals surface area contributed by atoms with E-state index in [1.165, 1.54) is 4.90 Å². The quantitative estimate of drug-likeness (QED) is 0.795. The molecule has 5 nitrogen and oxygen atoms in total. The van der Waals surface area contributed by atoms with Crippen molar-refractivity contribution in [3.63, 3.8) is 0 Å². The van der Waals surface area contributed by atoms with E-state index in [9.17, 15) is 14.4 Å². The normalized spacial score (nSPS) is 23.1. The highest BCUT2D eigenvalue weighted by atomic mass is 16.2. The van der Waals surface area contributed by atoms with Crippen LogP contribution in [0.1, 0.15) is 52.4 Å². The molecule has 0 aromatic carbocycles. The molecule has 1 aliphatic carbocycles. The molecule has 1 N–H and O–H groups in total. The summed E-state index contributed by atoms with van der Waals surface area (Å²) in [5, 5.41) is 2.37. The van der Waals surface area contributed by atoms with E-state index in [2.05, 4.69) is 5.32 Å². The fourth-order valence-electron chi connectivity index (χ4n) is 2.92. The highest BCUT2D eigenvalue weighted by Gasteiger charge is 2.53. The third-order valence-electron chi connectivity index (χ3n) is 4.19. The number of barbiturate groups is 1. The lowest BCUT2D eigenvalue weighted by Crippen LogP contribution is -2.64. The molecule has 5 heteroatoms. The average Bonchev–Trinajstić information content (AvgIpc) is 2.37. The zero-order chi connectivity index (χ0) is 14.0. The summed E-state index contributed by atoms with van der Waals surface area (Å²) in [6, 6.07) is -0.549. The fourth-order valence-corrected chi connectivity index (χ4v) is 2.92. The predicted octanol–water partition coefficient (Wildman–Crippen LogP) is 2.06. The van der Waals surface area contributed by atoms with E-state index in [0.717, 1.165) is 25.7 Å². The number of urea groups is 1. The molecule has 0 atom stereocenters. The molecule has 2 fully saturated rings. The van der Waals surface area contributed by atoms with Crippen LogP contribution < -0.4 is 5.32 Å². The third-order valence-corrected chi connectivity index (χ3v) is 4.19. The van der Waals surface area contributed by atoms with Crippen LogP contribution in [-0.4, -0.2) is 29.3 Å². The Morgan fingerprint density at radius 1 is 1.16 bits per heavy atom. The number of hydrogen-bond donors (Lipinski definition) is 1. The number of nitrogens with one attached hydrogen (secondary N) is 1. The van der Waals surface area contributed by atoms with Crippen molar-refractivity contribution in [2.75, 3.05) is 6.54 Å². The molecule has 0 aromatic rings. The van der Waals surface area contributed by atoms with Gasteiger partial charge in [-0.3, -0.25) is 19.8 Å². The maximum Gasteiger partial charge on any atom is 0.330 e. The topological polar surface area (TPSA) is 66.5 Å². The summed E-state index contributed by atoms with van der Waals surface area (Å²) in [7, 11) is 0. The minimum absolute atomic E-state index is 0.276. The van der Waals surface area contributed by atoms with Gasteiger partial charge in [-0.25, -0.2) is 4.79 Å². The van der Waals surface area contributed by atoms with E-state index in [0.29, 0.717) is 25.3 Å². The zero-order valence-corrected chi connectivity index (χ0v) is 11.7. The van der Waals surface area contributed by atoms with Gasteiger partial charge in [-0.1, -0.05) is 33.1 Å². The molecule has 1 heterocycles. The lowest BCUT2D eigenvalue weighted by atomic mass is 9.71. The van der Waals surface area contributed by atoms with Crippen molar-refractivity contribution < 1.29 is 14.4 Å². The lowest BCUT2D eigenvalue weighted by molar-refractivity contribution is -0.154. The van der Waals surface area contributed by atoms with E-state index < -0.39 is 11.4 Å². The van der Waals surface area contributed by atoms with Gasteiger partial charge in [0.05, 0.1) is 0 Å². The molecular formula is C14H22N2O3. The van der Waals surface area contributed by atoms with Gasteiger partial charge in [0.2, 0.25) is 11.8 Å². The third kappa shape index (κ3) is 2.51. The number of carbonyl (C=O) groups is 3. The van der Waals surface area contributed by atoms with Gasteiger partial charge in [0.25, 0.3) is 0 Å². The van der Waals surface area contributed by atoms with Gasteiger partial charge in [-0.2, -0.15) is 0 Å². The molecule has 2 rings (SSSR count). The van der Waals surface area contributed by atoms with Crippen LogP contribution in [0, 0.1) is 11.3 Å². The van der Waals surface area contributed by atoms with Gasteiger partial charge in [-0.05, 0) is 25.2 Å². The molecule has 0 bridgehead atoms. The minimum Gasteiger partial charge on any atom is -0.277 e. The van der Waals surface area contributed by atoms with Crippen LogP contribution >= 0.6 is 0 Å². The first-order chi connectivity index (χ1) is 8.97. The van der Waals surface area contributed by atoms with Crippen LogP contribution in [-0.2, 0) is 9.59 Å². The highest BCUT2D eigenvalue weighted by Crippen LogP contribution is 2.40. The molecule has 1 saturated heterocycles. The Hall–Kier alpha value is -1.39. The molecule has 4 amide bonds. The molecule has 0 aromatic heterocycles. The van der Waals surface area contributed by atoms with E-state index in [1.54, 1.807) is 0 Å². The molecule has 2 aliphatic rings. The van der Waals surface area contributed by atoms with Gasteiger partial charge in [0.15, 0.2) is 0 Å². The van der Waals surface area contributed by atoms with Crippen LogP contribution in [0.4, 0.5) is 4.79 Å². The molecule has 19 heavy (non-hydrogen) atoms. The first-order valence-corrected chi connectivity index (χ1v) is 7.15. The second-order valence-corrected chi connectivity index (χ2v) is 6.04. The lowest BCUT2D eigenvalue weighted by Gasteiger charge is -2.41. The Balaban J connectivity index is 2.18. The second kappa shape index (κ2) is 5.31. The Morgan fingerprint density at radius 3 is 2.37 bits per heavy atom. The molecule has 1 aliphatic heterocycles. The number of rotatable bonds is 3. The largest absolute Gasteiger partial charge is 0.330 e. The summed E-state index contributed by atoms with van der Waals surface area (Å²) >= 11 is 0. The van der Waals surface area contributed by atoms with Crippen LogP contribution in [0.25, 0.3) is 0 Å². The highest BCUT2D eigenvalue weighted by molar-refractivity contribution is 6.19. The van der Waals surface area contributed by atoms with E-state index in [1.807, 2.05) is 13.8 Å². The van der Waals surface area contributed by atoms with Crippen LogP contribution in [0.3, 0.4) is 0 Å². The molecule has 0 radical (unpaired) electrons. The Bertz CT molecular complexity index is 397. The molecular weight excluding hydrogens is 244 g/mol. The van der Waals surface area contributed by atoms with Crippen LogP contribution in [0.15, 0.2) is 0 Å². The number of hydrogen-bond acceptors (Lipinski definition) is 3. The van der Waals surface area contributed by atoms with Crippen molar-refractivity contribution in [2.45, 2.75) is 52.4 Å². The number of amides is 4. The molecule has 0 unspecified atom stereocenters. The van der Waals surface area contributed by atoms with Crippen molar-refractivity contribution in [3.05, 3.63) is 0 Å². The minimum atomic E-state index is -0.969. The number of imide groups is 2. The monoisotopic (exact) mass is 266 g/mol. The maximum absolute atomic E-state index is 12.6. The molecule has 1 saturated carbocycles. The van der Waals surface area contributed by atoms with Crippen molar-refractivity contribution in [2.24, 2.45) is 11.3 Å². The zero-order valence-electron chi connectivity index (χ0n) is 11.7. The first kappa shape index (κ1) is 14.0. The van der Waals surface area contributed by atoms with Gasteiger partial charge in [-0.15, -0.1) is 0 Å². The summed E-state index contributed by atoms with van der Waals surface area (Å²) < 4.78 is 0. The summed E-state index contributed by atoms with van der Waals surface area (Å²) in [5.74, 6) is -0.245. The number of carbonyl (C=O) groups excluding carboxylic acids is 3. The summed E-state index contributed by atoms with van der Waals surface area (Å²) in [6.45, 7) is 4.50. The standard InChI is InChI=1S/C14H22N2O3/c1-10(2)6-9-16-12(18)14(7-4-3-5-8-14)11(17)15-13(16)19/h10H,3-9H2,1-2H3,(H,15,17,19). The van der Waals surface area contributed by atoms with Crippen molar-refractivity contribution >= 4 is 17.8 Å². The number of nitrogens with zero attached hydrogens (tertiary/aromatic N) is 1. The Kier molecular flexibility index (Phi) is 3.92. The van der Waals surface area contributed by atoms with Crippen molar-refractivity contribution in [1.29, 1.82) is 0 Å². The van der Waals surface area contributed by atoms with E-state index in [-0.39, 0.29) is 11.8 Å². The Morgan fingerprint density at radius 2 is 1.79 bits per heavy atom. The summed E-state index contributed by atoms with van der Waals surface area (Å²) in [5.41, 5.74) is -0.969. The van der Waals surface area contributed by atoms with Crippen molar-refractivity contribution in [1.82, 2.24) is 10.2 Å². The smallest absolute Gasteiger partial charge is 0.277 e. The van der Waals surface area contributed by atoms with Crippen LogP contribution in [0.5, 0.6) is 0 Å². The van der Waals surface area contributed by atoms with Gasteiger partial charge in [0.1, 0.15) is 5.41 Å². The van der Waals surface area contributed by atoms with Gasteiger partial charge >= 0.3 is 6.03 Å². The predicted molar refractivity (Wildman–Crippen MR) is 70.2 cm³/mol. The second-order valence-electron chi connectivity index (χ2n) is 6.04. The maximum atomic E-state index is 12.6. The SMILES string of the molecule is CC(C)CCN1C(=O)NC(=O)C2(CCCCC2)C1=O. The van der Waals surface area contributed by atoms with Gasteiger partial charge in [0, 0.05) is 6.54 Å². The van der Waals surface area contributed by atoms with Crippen LogP contribution in [0.2, 0.25) is 0 Å². The molecule has 106 valence electrons. The summed E-state index contributed by atoms with van der Waals surface area (Å²) in [4.78, 5) is 37.7. The summed E-state index contributed by atoms with van der Waals surface area (Å²) in [6.07, 6.45) is 4.73. The fraction of sp³-hybridized carbons (Fsp3) is 0.786.